The number of aliphatic carboxylic acids is 1. The van der Waals surface area contributed by atoms with E-state index in [-0.39, 0.29) is 11.9 Å². The Balaban J connectivity index is 0.000000501. The smallest absolute Gasteiger partial charge is 0.332 e. The molecule has 1 saturated heterocycles. The Morgan fingerprint density at radius 3 is 2.65 bits per heavy atom. The highest BCUT2D eigenvalue weighted by atomic mass is 35.5. The third kappa shape index (κ3) is 7.24. The van der Waals surface area contributed by atoms with E-state index in [4.69, 9.17) is 37.0 Å². The second-order valence-electron chi connectivity index (χ2n) is 7.68. The van der Waals surface area contributed by atoms with Crippen molar-refractivity contribution in [3.05, 3.63) is 22.2 Å². The van der Waals surface area contributed by atoms with Crippen LogP contribution in [0.3, 0.4) is 0 Å². The zero-order chi connectivity index (χ0) is 23.0. The lowest BCUT2D eigenvalue weighted by Crippen LogP contribution is -2.45. The molecule has 1 amide bonds. The summed E-state index contributed by atoms with van der Waals surface area (Å²) in [5, 5.41) is 19.3. The van der Waals surface area contributed by atoms with Gasteiger partial charge in [0.05, 0.1) is 22.9 Å². The van der Waals surface area contributed by atoms with Gasteiger partial charge < -0.3 is 35.6 Å². The van der Waals surface area contributed by atoms with Crippen LogP contribution in [0.15, 0.2) is 6.07 Å². The van der Waals surface area contributed by atoms with Gasteiger partial charge in [0, 0.05) is 51.4 Å². The number of carboxylic acid groups (broad SMARTS) is 1. The first-order chi connectivity index (χ1) is 14.7. The van der Waals surface area contributed by atoms with Gasteiger partial charge >= 0.3 is 5.97 Å². The van der Waals surface area contributed by atoms with Gasteiger partial charge in [0.2, 0.25) is 0 Å². The number of nitrogen functional groups attached to an aromatic ring is 1. The molecule has 0 radical (unpaired) electrons. The molecule has 0 unspecified atom stereocenters. The summed E-state index contributed by atoms with van der Waals surface area (Å²) in [5.41, 5.74) is 7.86. The molecule has 2 heterocycles. The number of likely N-dealkylation sites (tertiary alicyclic amines) is 1. The Hall–Kier alpha value is -2.07. The number of carboxylic acids is 1. The molecule has 2 aliphatic rings. The molecule has 5 N–H and O–H groups in total. The van der Waals surface area contributed by atoms with E-state index >= 15 is 0 Å². The van der Waals surface area contributed by atoms with E-state index in [0.29, 0.717) is 35.1 Å². The molecule has 0 aromatic heterocycles. The monoisotopic (exact) mass is 457 g/mol. The fourth-order valence-electron chi connectivity index (χ4n) is 3.53. The first-order valence-electron chi connectivity index (χ1n) is 10.4. The average molecular weight is 458 g/mol. The number of fused-ring (bicyclic) bond motifs is 1. The maximum Gasteiger partial charge on any atom is 0.332 e. The maximum absolute atomic E-state index is 12.7. The molecule has 1 aromatic carbocycles. The summed E-state index contributed by atoms with van der Waals surface area (Å²) in [6.07, 6.45) is 2.41. The minimum Gasteiger partial charge on any atom is -0.492 e. The second kappa shape index (κ2) is 12.1. The number of benzene rings is 1. The molecule has 0 spiro atoms. The highest BCUT2D eigenvalue weighted by molar-refractivity contribution is 6.33. The molecule has 1 aromatic rings. The van der Waals surface area contributed by atoms with Crippen LogP contribution in [0.1, 0.15) is 42.1 Å². The number of hydrogen-bond acceptors (Lipinski definition) is 7. The fourth-order valence-corrected chi connectivity index (χ4v) is 3.76. The van der Waals surface area contributed by atoms with Gasteiger partial charge in [-0.2, -0.15) is 0 Å². The highest BCUT2D eigenvalue weighted by Crippen LogP contribution is 2.38. The van der Waals surface area contributed by atoms with Crippen molar-refractivity contribution >= 4 is 29.2 Å². The number of nitrogens with one attached hydrogen (secondary N) is 1. The average Bonchev–Trinajstić information content (AvgIpc) is 3.22. The van der Waals surface area contributed by atoms with Crippen molar-refractivity contribution in [3.8, 4) is 5.75 Å². The van der Waals surface area contributed by atoms with Gasteiger partial charge in [0.15, 0.2) is 0 Å². The summed E-state index contributed by atoms with van der Waals surface area (Å²) in [4.78, 5) is 24.6. The van der Waals surface area contributed by atoms with Gasteiger partial charge in [-0.25, -0.2) is 4.79 Å². The molecular weight excluding hydrogens is 426 g/mol. The molecule has 31 heavy (non-hydrogen) atoms. The molecule has 10 heteroatoms. The number of nitrogens with zero attached hydrogens (tertiary/aromatic N) is 1. The van der Waals surface area contributed by atoms with E-state index in [0.717, 1.165) is 51.1 Å². The standard InChI is InChI=1S/C18H26ClN3O3.C3H6O3/c1-24-9-2-6-22-7-3-12(4-8-22)21-18(23)14-11-15(19)16(20)13-5-10-25-17(13)14;1-2(4)3(5)6/h11-12H,2-10,20H2,1H3,(H,21,23);2,4H,1H3,(H,5,6)/t;2-/m.0/s1. The normalized spacial score (nSPS) is 17.2. The molecule has 9 nitrogen and oxygen atoms in total. The molecule has 1 fully saturated rings. The third-order valence-corrected chi connectivity index (χ3v) is 5.63. The van der Waals surface area contributed by atoms with Gasteiger partial charge in [-0.05, 0) is 32.3 Å². The van der Waals surface area contributed by atoms with Crippen molar-refractivity contribution in [2.24, 2.45) is 0 Å². The van der Waals surface area contributed by atoms with Crippen molar-refractivity contribution in [2.75, 3.05) is 45.7 Å². The summed E-state index contributed by atoms with van der Waals surface area (Å²) >= 11 is 6.19. The quantitative estimate of drug-likeness (QED) is 0.358. The molecule has 3 rings (SSSR count). The number of anilines is 1. The van der Waals surface area contributed by atoms with Crippen molar-refractivity contribution in [1.82, 2.24) is 10.2 Å². The van der Waals surface area contributed by atoms with Gasteiger partial charge in [-0.1, -0.05) is 11.6 Å². The zero-order valence-electron chi connectivity index (χ0n) is 18.0. The minimum absolute atomic E-state index is 0.127. The van der Waals surface area contributed by atoms with Crippen LogP contribution < -0.4 is 15.8 Å². The fraction of sp³-hybridized carbons (Fsp3) is 0.619. The lowest BCUT2D eigenvalue weighted by atomic mass is 10.0. The van der Waals surface area contributed by atoms with Crippen LogP contribution in [0.2, 0.25) is 5.02 Å². The van der Waals surface area contributed by atoms with Crippen LogP contribution in [-0.2, 0) is 16.0 Å². The van der Waals surface area contributed by atoms with E-state index < -0.39 is 12.1 Å². The van der Waals surface area contributed by atoms with Gasteiger partial charge in [-0.3, -0.25) is 4.79 Å². The van der Waals surface area contributed by atoms with Crippen LogP contribution >= 0.6 is 11.6 Å². The third-order valence-electron chi connectivity index (χ3n) is 5.32. The number of hydrogen-bond donors (Lipinski definition) is 4. The Morgan fingerprint density at radius 2 is 2.06 bits per heavy atom. The van der Waals surface area contributed by atoms with Crippen molar-refractivity contribution in [2.45, 2.75) is 44.8 Å². The minimum atomic E-state index is -1.23. The largest absolute Gasteiger partial charge is 0.492 e. The highest BCUT2D eigenvalue weighted by Gasteiger charge is 2.27. The molecule has 0 saturated carbocycles. The van der Waals surface area contributed by atoms with Crippen LogP contribution in [-0.4, -0.2) is 79.1 Å². The van der Waals surface area contributed by atoms with Crippen LogP contribution in [0.25, 0.3) is 0 Å². The number of carbonyl (C=O) groups excluding carboxylic acids is 1. The predicted molar refractivity (Wildman–Crippen MR) is 118 cm³/mol. The predicted octanol–water partition coefficient (Wildman–Crippen LogP) is 1.54. The lowest BCUT2D eigenvalue weighted by Gasteiger charge is -2.32. The van der Waals surface area contributed by atoms with Crippen molar-refractivity contribution < 1.29 is 29.3 Å². The summed E-state index contributed by atoms with van der Waals surface area (Å²) in [5.74, 6) is -0.718. The number of methoxy groups -OCH3 is 1. The van der Waals surface area contributed by atoms with E-state index in [1.165, 1.54) is 6.92 Å². The van der Waals surface area contributed by atoms with Gasteiger partial charge in [0.25, 0.3) is 5.91 Å². The maximum atomic E-state index is 12.7. The Bertz CT molecular complexity index is 766. The molecule has 1 atom stereocenters. The molecular formula is C21H32ClN3O6. The Labute approximate surface area is 187 Å². The topological polar surface area (TPSA) is 134 Å². The number of aliphatic hydroxyl groups excluding tert-OH is 1. The van der Waals surface area contributed by atoms with E-state index in [1.807, 2.05) is 0 Å². The van der Waals surface area contributed by atoms with E-state index in [2.05, 4.69) is 10.2 Å². The Morgan fingerprint density at radius 1 is 1.42 bits per heavy atom. The number of amides is 1. The van der Waals surface area contributed by atoms with E-state index in [9.17, 15) is 9.59 Å². The van der Waals surface area contributed by atoms with Crippen molar-refractivity contribution in [3.63, 3.8) is 0 Å². The Kier molecular flexibility index (Phi) is 9.83. The molecule has 174 valence electrons. The first-order valence-corrected chi connectivity index (χ1v) is 10.8. The zero-order valence-corrected chi connectivity index (χ0v) is 18.8. The molecule has 2 aliphatic heterocycles. The SMILES string of the molecule is COCCCN1CCC(NC(=O)c2cc(Cl)c(N)c3c2OCC3)CC1.C[C@H](O)C(=O)O. The lowest BCUT2D eigenvalue weighted by molar-refractivity contribution is -0.145. The summed E-state index contributed by atoms with van der Waals surface area (Å²) < 4.78 is 10.7. The number of piperidine rings is 1. The van der Waals surface area contributed by atoms with Gasteiger partial charge in [0.1, 0.15) is 11.9 Å². The summed E-state index contributed by atoms with van der Waals surface area (Å²) in [6.45, 7) is 5.56. The van der Waals surface area contributed by atoms with Crippen molar-refractivity contribution in [1.29, 1.82) is 0 Å². The summed E-state index contributed by atoms with van der Waals surface area (Å²) in [7, 11) is 1.73. The number of carbonyl (C=O) groups is 2. The second-order valence-corrected chi connectivity index (χ2v) is 8.08. The summed E-state index contributed by atoms with van der Waals surface area (Å²) in [6, 6.07) is 1.80. The first kappa shape index (κ1) is 25.2. The van der Waals surface area contributed by atoms with Crippen LogP contribution in [0, 0.1) is 0 Å². The van der Waals surface area contributed by atoms with Crippen LogP contribution in [0.4, 0.5) is 5.69 Å². The number of nitrogens with two attached hydrogens (primary N) is 1. The number of rotatable bonds is 7. The molecule has 0 aliphatic carbocycles. The van der Waals surface area contributed by atoms with E-state index in [1.54, 1.807) is 13.2 Å². The number of aliphatic hydroxyl groups is 1. The number of ether oxygens (including phenoxy) is 2. The molecule has 0 bridgehead atoms. The van der Waals surface area contributed by atoms with Crippen LogP contribution in [0.5, 0.6) is 5.75 Å². The van der Waals surface area contributed by atoms with Gasteiger partial charge in [-0.15, -0.1) is 0 Å². The number of halogens is 1.